The van der Waals surface area contributed by atoms with E-state index in [-0.39, 0.29) is 48.0 Å². The molecule has 0 aliphatic carbocycles. The fourth-order valence-corrected chi connectivity index (χ4v) is 4.51. The molecule has 0 heterocycles. The zero-order valence-corrected chi connectivity index (χ0v) is 20.1. The fourth-order valence-electron chi connectivity index (χ4n) is 3.29. The molecule has 1 aromatic carbocycles. The van der Waals surface area contributed by atoms with Crippen molar-refractivity contribution in [1.82, 2.24) is 16.0 Å². The van der Waals surface area contributed by atoms with Crippen molar-refractivity contribution in [2.24, 2.45) is 11.8 Å². The van der Waals surface area contributed by atoms with Gasteiger partial charge in [0.05, 0.1) is 0 Å². The predicted octanol–water partition coefficient (Wildman–Crippen LogP) is 2.64. The van der Waals surface area contributed by atoms with Gasteiger partial charge in [-0.25, -0.2) is 0 Å². The third-order valence-corrected chi connectivity index (χ3v) is 5.56. The highest BCUT2D eigenvalue weighted by Gasteiger charge is 2.44. The average Bonchev–Trinajstić information content (AvgIpc) is 2.65. The second kappa shape index (κ2) is 12.5. The van der Waals surface area contributed by atoms with Gasteiger partial charge in [0.2, 0.25) is 11.8 Å². The number of carbonyl (C=O) groups excluding carboxylic acids is 4. The van der Waals surface area contributed by atoms with Crippen LogP contribution in [-0.2, 0) is 25.6 Å². The maximum absolute atomic E-state index is 13.5. The highest BCUT2D eigenvalue weighted by molar-refractivity contribution is 8.15. The van der Waals surface area contributed by atoms with E-state index in [4.69, 9.17) is 0 Å². The highest BCUT2D eigenvalue weighted by Crippen LogP contribution is 2.31. The number of nitrogens with one attached hydrogen (secondary N) is 3. The van der Waals surface area contributed by atoms with Gasteiger partial charge in [0.1, 0.15) is 6.04 Å². The molecule has 7 nitrogen and oxygen atoms in total. The number of hydrogen-bond donors (Lipinski definition) is 3. The van der Waals surface area contributed by atoms with E-state index in [0.717, 1.165) is 17.3 Å². The summed E-state index contributed by atoms with van der Waals surface area (Å²) in [7, 11) is 1.50. The molecule has 0 aliphatic heterocycles. The first-order valence-electron chi connectivity index (χ1n) is 10.6. The van der Waals surface area contributed by atoms with Crippen LogP contribution in [0.3, 0.4) is 0 Å². The van der Waals surface area contributed by atoms with E-state index in [1.165, 1.54) is 14.0 Å². The molecule has 0 saturated heterocycles. The number of rotatable bonds is 11. The van der Waals surface area contributed by atoms with Crippen molar-refractivity contribution in [2.75, 3.05) is 7.05 Å². The van der Waals surface area contributed by atoms with E-state index in [9.17, 15) is 19.2 Å². The Morgan fingerprint density at radius 1 is 1.00 bits per heavy atom. The standard InChI is InChI=1S/C23H35N3O4S/c1-15(2)12-20(28)26-23(14-16(3)4,31-17(5)27)22(30)25-19(21(29)24-6)13-18-10-8-7-9-11-18/h7-11,15-16,19H,12-14H2,1-6H3,(H,24,29)(H,25,30)(H,26,28)/t19-,23?/m0/s1. The predicted molar refractivity (Wildman–Crippen MR) is 124 cm³/mol. The van der Waals surface area contributed by atoms with Crippen molar-refractivity contribution in [1.29, 1.82) is 0 Å². The molecule has 0 fully saturated rings. The summed E-state index contributed by atoms with van der Waals surface area (Å²) in [5.41, 5.74) is 0.883. The summed E-state index contributed by atoms with van der Waals surface area (Å²) < 4.78 is 0. The van der Waals surface area contributed by atoms with Gasteiger partial charge < -0.3 is 16.0 Å². The van der Waals surface area contributed by atoms with Gasteiger partial charge in [0.15, 0.2) is 9.99 Å². The van der Waals surface area contributed by atoms with E-state index in [1.807, 2.05) is 58.0 Å². The number of benzene rings is 1. The molecular formula is C23H35N3O4S. The van der Waals surface area contributed by atoms with Gasteiger partial charge in [-0.3, -0.25) is 19.2 Å². The highest BCUT2D eigenvalue weighted by atomic mass is 32.2. The van der Waals surface area contributed by atoms with Crippen molar-refractivity contribution in [3.05, 3.63) is 35.9 Å². The third-order valence-electron chi connectivity index (χ3n) is 4.47. The van der Waals surface area contributed by atoms with Gasteiger partial charge >= 0.3 is 0 Å². The van der Waals surface area contributed by atoms with Gasteiger partial charge in [0, 0.05) is 26.8 Å². The first-order chi connectivity index (χ1) is 14.5. The van der Waals surface area contributed by atoms with Crippen LogP contribution in [0, 0.1) is 11.8 Å². The first-order valence-corrected chi connectivity index (χ1v) is 11.4. The van der Waals surface area contributed by atoms with Crippen LogP contribution in [0.5, 0.6) is 0 Å². The molecule has 0 aliphatic rings. The van der Waals surface area contributed by atoms with Crippen molar-refractivity contribution >= 4 is 34.6 Å². The normalized spacial score (nSPS) is 13.9. The third kappa shape index (κ3) is 9.12. The molecule has 1 aromatic rings. The Balaban J connectivity index is 3.25. The van der Waals surface area contributed by atoms with E-state index >= 15 is 0 Å². The Morgan fingerprint density at radius 2 is 1.61 bits per heavy atom. The van der Waals surface area contributed by atoms with Crippen LogP contribution in [0.2, 0.25) is 0 Å². The van der Waals surface area contributed by atoms with E-state index in [2.05, 4.69) is 16.0 Å². The van der Waals surface area contributed by atoms with Gasteiger partial charge in [0.25, 0.3) is 5.91 Å². The molecule has 2 atom stereocenters. The minimum Gasteiger partial charge on any atom is -0.357 e. The number of carbonyl (C=O) groups is 4. The number of amides is 3. The van der Waals surface area contributed by atoms with Crippen LogP contribution >= 0.6 is 11.8 Å². The number of thioether (sulfide) groups is 1. The van der Waals surface area contributed by atoms with Crippen molar-refractivity contribution in [3.63, 3.8) is 0 Å². The molecule has 1 rings (SSSR count). The molecule has 8 heteroatoms. The molecule has 0 saturated carbocycles. The molecule has 0 aromatic heterocycles. The minimum absolute atomic E-state index is 0.0181. The van der Waals surface area contributed by atoms with Crippen molar-refractivity contribution in [3.8, 4) is 0 Å². The maximum Gasteiger partial charge on any atom is 0.257 e. The van der Waals surface area contributed by atoms with Crippen LogP contribution in [0.15, 0.2) is 30.3 Å². The Hall–Kier alpha value is -2.35. The lowest BCUT2D eigenvalue weighted by atomic mass is 9.99. The summed E-state index contributed by atoms with van der Waals surface area (Å²) in [6.07, 6.45) is 0.766. The van der Waals surface area contributed by atoms with Crippen LogP contribution in [0.4, 0.5) is 0 Å². The molecule has 0 radical (unpaired) electrons. The van der Waals surface area contributed by atoms with E-state index in [0.29, 0.717) is 0 Å². The van der Waals surface area contributed by atoms with Crippen LogP contribution in [-0.4, -0.2) is 40.8 Å². The molecule has 172 valence electrons. The molecular weight excluding hydrogens is 414 g/mol. The molecule has 31 heavy (non-hydrogen) atoms. The zero-order valence-electron chi connectivity index (χ0n) is 19.3. The topological polar surface area (TPSA) is 104 Å². The molecule has 3 N–H and O–H groups in total. The average molecular weight is 450 g/mol. The maximum atomic E-state index is 13.5. The Kier molecular flexibility index (Phi) is 10.8. The first kappa shape index (κ1) is 26.7. The summed E-state index contributed by atoms with van der Waals surface area (Å²) in [6, 6.07) is 8.49. The Bertz CT molecular complexity index is 767. The number of likely N-dealkylation sites (N-methyl/N-ethyl adjacent to an activating group) is 1. The summed E-state index contributed by atoms with van der Waals surface area (Å²) in [5.74, 6) is -1.09. The van der Waals surface area contributed by atoms with Gasteiger partial charge in [-0.2, -0.15) is 0 Å². The van der Waals surface area contributed by atoms with E-state index < -0.39 is 16.8 Å². The monoisotopic (exact) mass is 449 g/mol. The second-order valence-electron chi connectivity index (χ2n) is 8.49. The summed E-state index contributed by atoms with van der Waals surface area (Å²) in [6.45, 7) is 9.00. The summed E-state index contributed by atoms with van der Waals surface area (Å²) >= 11 is 0.792. The SMILES string of the molecule is CNC(=O)[C@H](Cc1ccccc1)NC(=O)C(CC(C)C)(NC(=O)CC(C)C)SC(C)=O. The van der Waals surface area contributed by atoms with Crippen LogP contribution in [0.1, 0.15) is 53.0 Å². The van der Waals surface area contributed by atoms with E-state index in [1.54, 1.807) is 0 Å². The Labute approximate surface area is 189 Å². The molecule has 0 bridgehead atoms. The summed E-state index contributed by atoms with van der Waals surface area (Å²) in [5, 5.41) is 7.88. The van der Waals surface area contributed by atoms with Crippen molar-refractivity contribution in [2.45, 2.75) is 64.8 Å². The number of hydrogen-bond acceptors (Lipinski definition) is 5. The minimum atomic E-state index is -1.49. The van der Waals surface area contributed by atoms with Gasteiger partial charge in [-0.05, 0) is 23.8 Å². The largest absolute Gasteiger partial charge is 0.357 e. The zero-order chi connectivity index (χ0) is 23.6. The smallest absolute Gasteiger partial charge is 0.257 e. The lowest BCUT2D eigenvalue weighted by molar-refractivity contribution is -0.133. The van der Waals surface area contributed by atoms with Gasteiger partial charge in [-0.15, -0.1) is 0 Å². The fraction of sp³-hybridized carbons (Fsp3) is 0.565. The quantitative estimate of drug-likeness (QED) is 0.451. The van der Waals surface area contributed by atoms with Crippen LogP contribution < -0.4 is 16.0 Å². The Morgan fingerprint density at radius 3 is 2.10 bits per heavy atom. The summed E-state index contributed by atoms with van der Waals surface area (Å²) in [4.78, 5) is 49.2. The molecule has 1 unspecified atom stereocenters. The lowest BCUT2D eigenvalue weighted by Crippen LogP contribution is -2.61. The second-order valence-corrected chi connectivity index (χ2v) is 9.97. The van der Waals surface area contributed by atoms with Gasteiger partial charge in [-0.1, -0.05) is 69.8 Å². The molecule has 3 amide bonds. The molecule has 0 spiro atoms. The van der Waals surface area contributed by atoms with Crippen LogP contribution in [0.25, 0.3) is 0 Å². The lowest BCUT2D eigenvalue weighted by Gasteiger charge is -2.35. The van der Waals surface area contributed by atoms with Crippen molar-refractivity contribution < 1.29 is 19.2 Å².